The average molecular weight is 221 g/mol. The molecule has 1 nitrogen and oxygen atoms in total. The van der Waals surface area contributed by atoms with E-state index in [2.05, 4.69) is 42.8 Å². The number of thioether (sulfide) groups is 1. The molecular weight excluding hydrogens is 202 g/mol. The lowest BCUT2D eigenvalue weighted by atomic mass is 10.1. The molecule has 1 aliphatic rings. The van der Waals surface area contributed by atoms with E-state index < -0.39 is 0 Å². The van der Waals surface area contributed by atoms with E-state index in [-0.39, 0.29) is 0 Å². The molecular formula is C13H19NS. The SMILES string of the molecule is CSCC(C)NC1Cc2ccccc2C1. The third-order valence-corrected chi connectivity index (χ3v) is 3.82. The Morgan fingerprint density at radius 3 is 2.47 bits per heavy atom. The normalized spacial score (nSPS) is 17.7. The lowest BCUT2D eigenvalue weighted by Gasteiger charge is -2.18. The van der Waals surface area contributed by atoms with E-state index in [1.54, 1.807) is 0 Å². The molecule has 2 heteroatoms. The topological polar surface area (TPSA) is 12.0 Å². The highest BCUT2D eigenvalue weighted by Gasteiger charge is 2.21. The second kappa shape index (κ2) is 5.04. The van der Waals surface area contributed by atoms with Gasteiger partial charge in [-0.1, -0.05) is 24.3 Å². The van der Waals surface area contributed by atoms with Crippen molar-refractivity contribution >= 4 is 11.8 Å². The van der Waals surface area contributed by atoms with Crippen LogP contribution in [0.25, 0.3) is 0 Å². The van der Waals surface area contributed by atoms with Gasteiger partial charge in [-0.3, -0.25) is 0 Å². The fraction of sp³-hybridized carbons (Fsp3) is 0.538. The predicted molar refractivity (Wildman–Crippen MR) is 68.6 cm³/mol. The number of hydrogen-bond acceptors (Lipinski definition) is 2. The molecule has 0 bridgehead atoms. The van der Waals surface area contributed by atoms with Gasteiger partial charge in [-0.2, -0.15) is 11.8 Å². The summed E-state index contributed by atoms with van der Waals surface area (Å²) in [5.74, 6) is 1.20. The van der Waals surface area contributed by atoms with Gasteiger partial charge < -0.3 is 5.32 Å². The summed E-state index contributed by atoms with van der Waals surface area (Å²) in [6, 6.07) is 10.1. The summed E-state index contributed by atoms with van der Waals surface area (Å²) >= 11 is 1.91. The summed E-state index contributed by atoms with van der Waals surface area (Å²) in [5.41, 5.74) is 3.07. The molecule has 0 heterocycles. The van der Waals surface area contributed by atoms with Gasteiger partial charge in [-0.05, 0) is 37.1 Å². The van der Waals surface area contributed by atoms with Crippen molar-refractivity contribution in [1.29, 1.82) is 0 Å². The van der Waals surface area contributed by atoms with Gasteiger partial charge in [0.05, 0.1) is 0 Å². The molecule has 82 valence electrons. The summed E-state index contributed by atoms with van der Waals surface area (Å²) < 4.78 is 0. The molecule has 1 aromatic rings. The van der Waals surface area contributed by atoms with Crippen LogP contribution in [0.5, 0.6) is 0 Å². The summed E-state index contributed by atoms with van der Waals surface area (Å²) in [6.45, 7) is 2.28. The Balaban J connectivity index is 1.90. The van der Waals surface area contributed by atoms with Crippen LogP contribution in [0.2, 0.25) is 0 Å². The van der Waals surface area contributed by atoms with Gasteiger partial charge in [-0.15, -0.1) is 0 Å². The van der Waals surface area contributed by atoms with Crippen LogP contribution < -0.4 is 5.32 Å². The molecule has 0 aliphatic heterocycles. The van der Waals surface area contributed by atoms with Crippen molar-refractivity contribution in [3.05, 3.63) is 35.4 Å². The van der Waals surface area contributed by atoms with Gasteiger partial charge in [-0.25, -0.2) is 0 Å². The third kappa shape index (κ3) is 2.76. The van der Waals surface area contributed by atoms with Gasteiger partial charge >= 0.3 is 0 Å². The maximum absolute atomic E-state index is 3.71. The summed E-state index contributed by atoms with van der Waals surface area (Å²) in [4.78, 5) is 0. The van der Waals surface area contributed by atoms with Crippen LogP contribution in [0.15, 0.2) is 24.3 Å². The lowest BCUT2D eigenvalue weighted by Crippen LogP contribution is -2.38. The molecule has 15 heavy (non-hydrogen) atoms. The van der Waals surface area contributed by atoms with Crippen LogP contribution in [0.1, 0.15) is 18.1 Å². The number of fused-ring (bicyclic) bond motifs is 1. The minimum absolute atomic E-state index is 0.624. The second-order valence-electron chi connectivity index (χ2n) is 4.40. The van der Waals surface area contributed by atoms with Crippen molar-refractivity contribution in [2.24, 2.45) is 0 Å². The lowest BCUT2D eigenvalue weighted by molar-refractivity contribution is 0.482. The van der Waals surface area contributed by atoms with E-state index in [4.69, 9.17) is 0 Å². The van der Waals surface area contributed by atoms with Crippen LogP contribution in [0, 0.1) is 0 Å². The van der Waals surface area contributed by atoms with Crippen molar-refractivity contribution in [2.45, 2.75) is 31.8 Å². The Morgan fingerprint density at radius 2 is 1.93 bits per heavy atom. The van der Waals surface area contributed by atoms with E-state index >= 15 is 0 Å². The molecule has 1 aliphatic carbocycles. The van der Waals surface area contributed by atoms with E-state index in [1.807, 2.05) is 11.8 Å². The molecule has 1 atom stereocenters. The zero-order chi connectivity index (χ0) is 10.7. The summed E-state index contributed by atoms with van der Waals surface area (Å²) in [6.07, 6.45) is 4.57. The highest BCUT2D eigenvalue weighted by molar-refractivity contribution is 7.98. The van der Waals surface area contributed by atoms with E-state index in [1.165, 1.54) is 29.7 Å². The number of hydrogen-bond donors (Lipinski definition) is 1. The third-order valence-electron chi connectivity index (χ3n) is 2.99. The Kier molecular flexibility index (Phi) is 3.71. The van der Waals surface area contributed by atoms with Gasteiger partial charge in [0.25, 0.3) is 0 Å². The average Bonchev–Trinajstić information content (AvgIpc) is 2.59. The van der Waals surface area contributed by atoms with Gasteiger partial charge in [0.1, 0.15) is 0 Å². The van der Waals surface area contributed by atoms with Crippen LogP contribution >= 0.6 is 11.8 Å². The fourth-order valence-electron chi connectivity index (χ4n) is 2.38. The monoisotopic (exact) mass is 221 g/mol. The van der Waals surface area contributed by atoms with Crippen LogP contribution in [-0.4, -0.2) is 24.1 Å². The highest BCUT2D eigenvalue weighted by Crippen LogP contribution is 2.22. The molecule has 0 aromatic heterocycles. The van der Waals surface area contributed by atoms with Crippen molar-refractivity contribution < 1.29 is 0 Å². The number of rotatable bonds is 4. The first-order valence-electron chi connectivity index (χ1n) is 5.61. The maximum Gasteiger partial charge on any atom is 0.0151 e. The largest absolute Gasteiger partial charge is 0.310 e. The van der Waals surface area contributed by atoms with Gasteiger partial charge in [0.2, 0.25) is 0 Å². The molecule has 1 aromatic carbocycles. The molecule has 1 N–H and O–H groups in total. The first-order valence-corrected chi connectivity index (χ1v) is 7.00. The smallest absolute Gasteiger partial charge is 0.0151 e. The Bertz CT molecular complexity index is 299. The first-order chi connectivity index (χ1) is 7.29. The molecule has 0 saturated carbocycles. The molecule has 2 rings (SSSR count). The van der Waals surface area contributed by atoms with Gasteiger partial charge in [0.15, 0.2) is 0 Å². The molecule has 0 spiro atoms. The minimum atomic E-state index is 0.624. The van der Waals surface area contributed by atoms with Crippen LogP contribution in [-0.2, 0) is 12.8 Å². The van der Waals surface area contributed by atoms with Crippen molar-refractivity contribution in [2.75, 3.05) is 12.0 Å². The highest BCUT2D eigenvalue weighted by atomic mass is 32.2. The molecule has 1 unspecified atom stereocenters. The minimum Gasteiger partial charge on any atom is -0.310 e. The van der Waals surface area contributed by atoms with E-state index in [0.29, 0.717) is 12.1 Å². The fourth-order valence-corrected chi connectivity index (χ4v) is 2.97. The number of nitrogens with one attached hydrogen (secondary N) is 1. The van der Waals surface area contributed by atoms with Gasteiger partial charge in [0, 0.05) is 17.8 Å². The zero-order valence-electron chi connectivity index (χ0n) is 9.49. The summed E-state index contributed by atoms with van der Waals surface area (Å²) in [5, 5.41) is 3.71. The summed E-state index contributed by atoms with van der Waals surface area (Å²) in [7, 11) is 0. The van der Waals surface area contributed by atoms with E-state index in [9.17, 15) is 0 Å². The first kappa shape index (κ1) is 11.0. The van der Waals surface area contributed by atoms with Crippen molar-refractivity contribution in [1.82, 2.24) is 5.32 Å². The van der Waals surface area contributed by atoms with Crippen molar-refractivity contribution in [3.8, 4) is 0 Å². The Hall–Kier alpha value is -0.470. The quantitative estimate of drug-likeness (QED) is 0.838. The zero-order valence-corrected chi connectivity index (χ0v) is 10.3. The molecule has 0 saturated heterocycles. The second-order valence-corrected chi connectivity index (χ2v) is 5.31. The molecule has 0 radical (unpaired) electrons. The Labute approximate surface area is 96.7 Å². The molecule has 0 amide bonds. The standard InChI is InChI=1S/C13H19NS/c1-10(9-15-2)14-13-7-11-5-3-4-6-12(11)8-13/h3-6,10,13-14H,7-9H2,1-2H3. The van der Waals surface area contributed by atoms with Crippen LogP contribution in [0.4, 0.5) is 0 Å². The van der Waals surface area contributed by atoms with Crippen LogP contribution in [0.3, 0.4) is 0 Å². The number of benzene rings is 1. The Morgan fingerprint density at radius 1 is 1.33 bits per heavy atom. The van der Waals surface area contributed by atoms with Crippen molar-refractivity contribution in [3.63, 3.8) is 0 Å². The molecule has 0 fully saturated rings. The predicted octanol–water partition coefficient (Wildman–Crippen LogP) is 2.49. The maximum atomic E-state index is 3.71. The van der Waals surface area contributed by atoms with E-state index in [0.717, 1.165) is 0 Å².